The van der Waals surface area contributed by atoms with Crippen LogP contribution < -0.4 is 5.32 Å². The molecule has 0 unspecified atom stereocenters. The van der Waals surface area contributed by atoms with Gasteiger partial charge >= 0.3 is 0 Å². The number of benzene rings is 3. The minimum Gasteiger partial charge on any atom is -0.356 e. The molecule has 1 aromatic heterocycles. The fourth-order valence-corrected chi connectivity index (χ4v) is 3.08. The lowest BCUT2D eigenvalue weighted by atomic mass is 9.98. The first-order valence-corrected chi connectivity index (χ1v) is 8.54. The highest BCUT2D eigenvalue weighted by Crippen LogP contribution is 2.23. The summed E-state index contributed by atoms with van der Waals surface area (Å²) in [6, 6.07) is 27.3. The van der Waals surface area contributed by atoms with E-state index in [4.69, 9.17) is 4.52 Å². The van der Waals surface area contributed by atoms with Crippen LogP contribution in [0.4, 0.5) is 0 Å². The van der Waals surface area contributed by atoms with Gasteiger partial charge in [0.25, 0.3) is 0 Å². The van der Waals surface area contributed by atoms with Crippen molar-refractivity contribution in [3.8, 4) is 0 Å². The minimum absolute atomic E-state index is 0.0956. The Kier molecular flexibility index (Phi) is 4.48. The van der Waals surface area contributed by atoms with Gasteiger partial charge in [0.1, 0.15) is 5.69 Å². The number of fused-ring (bicyclic) bond motifs is 1. The van der Waals surface area contributed by atoms with Gasteiger partial charge in [-0.1, -0.05) is 78.0 Å². The number of aromatic nitrogens is 1. The Bertz CT molecular complexity index is 970. The van der Waals surface area contributed by atoms with Gasteiger partial charge in [-0.15, -0.1) is 0 Å². The fourth-order valence-electron chi connectivity index (χ4n) is 3.08. The first-order valence-electron chi connectivity index (χ1n) is 8.54. The molecule has 0 bridgehead atoms. The van der Waals surface area contributed by atoms with Crippen LogP contribution in [0.1, 0.15) is 22.9 Å². The molecule has 0 atom stereocenters. The molecule has 3 aromatic carbocycles. The van der Waals surface area contributed by atoms with Gasteiger partial charge in [0, 0.05) is 5.39 Å². The molecule has 1 N–H and O–H groups in total. The highest BCUT2D eigenvalue weighted by molar-refractivity contribution is 5.86. The van der Waals surface area contributed by atoms with Crippen molar-refractivity contribution in [2.75, 3.05) is 0 Å². The summed E-state index contributed by atoms with van der Waals surface area (Å²) in [5.74, 6) is -0.0956. The number of nitrogens with one attached hydrogen (secondary N) is 1. The summed E-state index contributed by atoms with van der Waals surface area (Å²) in [6.45, 7) is 0. The van der Waals surface area contributed by atoms with Gasteiger partial charge in [-0.2, -0.15) is 0 Å². The number of carbonyl (C=O) groups excluding carboxylic acids is 1. The van der Waals surface area contributed by atoms with Crippen molar-refractivity contribution in [1.29, 1.82) is 0 Å². The van der Waals surface area contributed by atoms with E-state index >= 15 is 0 Å². The molecule has 0 fully saturated rings. The van der Waals surface area contributed by atoms with Crippen LogP contribution in [-0.4, -0.2) is 11.1 Å². The molecule has 4 heteroatoms. The summed E-state index contributed by atoms with van der Waals surface area (Å²) < 4.78 is 5.29. The topological polar surface area (TPSA) is 55.1 Å². The molecule has 0 aliphatic carbocycles. The number of hydrogen-bond acceptors (Lipinski definition) is 3. The zero-order valence-electron chi connectivity index (χ0n) is 14.1. The SMILES string of the molecule is O=C(Cc1noc2ccccc12)NC(c1ccccc1)c1ccccc1. The van der Waals surface area contributed by atoms with Gasteiger partial charge in [-0.25, -0.2) is 0 Å². The summed E-state index contributed by atoms with van der Waals surface area (Å²) in [5, 5.41) is 8.06. The van der Waals surface area contributed by atoms with E-state index in [0.29, 0.717) is 11.3 Å². The van der Waals surface area contributed by atoms with Gasteiger partial charge in [0.2, 0.25) is 5.91 Å². The summed E-state index contributed by atoms with van der Waals surface area (Å²) in [5.41, 5.74) is 3.42. The highest BCUT2D eigenvalue weighted by atomic mass is 16.5. The van der Waals surface area contributed by atoms with Crippen LogP contribution in [-0.2, 0) is 11.2 Å². The number of rotatable bonds is 5. The fraction of sp³-hybridized carbons (Fsp3) is 0.0909. The summed E-state index contributed by atoms with van der Waals surface area (Å²) in [6.07, 6.45) is 0.174. The molecule has 26 heavy (non-hydrogen) atoms. The van der Waals surface area contributed by atoms with Crippen LogP contribution in [0.5, 0.6) is 0 Å². The zero-order chi connectivity index (χ0) is 17.8. The quantitative estimate of drug-likeness (QED) is 0.589. The highest BCUT2D eigenvalue weighted by Gasteiger charge is 2.18. The van der Waals surface area contributed by atoms with Gasteiger partial charge in [0.05, 0.1) is 12.5 Å². The number of amides is 1. The Balaban J connectivity index is 1.58. The largest absolute Gasteiger partial charge is 0.356 e. The second-order valence-electron chi connectivity index (χ2n) is 6.12. The lowest BCUT2D eigenvalue weighted by Crippen LogP contribution is -2.30. The molecule has 4 nitrogen and oxygen atoms in total. The van der Waals surface area contributed by atoms with Crippen molar-refractivity contribution < 1.29 is 9.32 Å². The second kappa shape index (κ2) is 7.23. The van der Waals surface area contributed by atoms with E-state index in [1.165, 1.54) is 0 Å². The van der Waals surface area contributed by atoms with E-state index < -0.39 is 0 Å². The third-order valence-electron chi connectivity index (χ3n) is 4.35. The first kappa shape index (κ1) is 16.1. The molecule has 0 aliphatic rings. The molecule has 1 amide bonds. The third kappa shape index (κ3) is 3.35. The summed E-state index contributed by atoms with van der Waals surface area (Å²) in [4.78, 5) is 12.7. The number of hydrogen-bond donors (Lipinski definition) is 1. The molecule has 0 saturated heterocycles. The molecule has 4 aromatic rings. The van der Waals surface area contributed by atoms with Crippen molar-refractivity contribution >= 4 is 16.9 Å². The third-order valence-corrected chi connectivity index (χ3v) is 4.35. The van der Waals surface area contributed by atoms with E-state index in [1.54, 1.807) is 0 Å². The van der Waals surface area contributed by atoms with Crippen LogP contribution >= 0.6 is 0 Å². The Morgan fingerprint density at radius 2 is 1.42 bits per heavy atom. The smallest absolute Gasteiger partial charge is 0.226 e. The molecule has 0 radical (unpaired) electrons. The second-order valence-corrected chi connectivity index (χ2v) is 6.12. The standard InChI is InChI=1S/C22H18N2O2/c25-21(15-19-18-13-7-8-14-20(18)26-24-19)23-22(16-9-3-1-4-10-16)17-11-5-2-6-12-17/h1-14,22H,15H2,(H,23,25). The molecule has 0 spiro atoms. The van der Waals surface area contributed by atoms with Crippen LogP contribution in [0, 0.1) is 0 Å². The average molecular weight is 342 g/mol. The van der Waals surface area contributed by atoms with Gasteiger partial charge in [0.15, 0.2) is 5.58 Å². The number of carbonyl (C=O) groups is 1. The van der Waals surface area contributed by atoms with Crippen molar-refractivity contribution in [2.45, 2.75) is 12.5 Å². The molecule has 128 valence electrons. The van der Waals surface area contributed by atoms with Gasteiger partial charge in [-0.3, -0.25) is 4.79 Å². The van der Waals surface area contributed by atoms with Gasteiger partial charge < -0.3 is 9.84 Å². The van der Waals surface area contributed by atoms with Crippen LogP contribution in [0.15, 0.2) is 89.5 Å². The molecule has 0 saturated carbocycles. The minimum atomic E-state index is -0.205. The van der Waals surface area contributed by atoms with E-state index in [0.717, 1.165) is 16.5 Å². The number of nitrogens with zero attached hydrogens (tertiary/aromatic N) is 1. The molecular formula is C22H18N2O2. The maximum atomic E-state index is 12.7. The van der Waals surface area contributed by atoms with Crippen LogP contribution in [0.25, 0.3) is 11.0 Å². The van der Waals surface area contributed by atoms with Crippen LogP contribution in [0.3, 0.4) is 0 Å². The van der Waals surface area contributed by atoms with Crippen molar-refractivity contribution in [2.24, 2.45) is 0 Å². The monoisotopic (exact) mass is 342 g/mol. The molecular weight excluding hydrogens is 324 g/mol. The lowest BCUT2D eigenvalue weighted by Gasteiger charge is -2.19. The lowest BCUT2D eigenvalue weighted by molar-refractivity contribution is -0.121. The van der Waals surface area contributed by atoms with Gasteiger partial charge in [-0.05, 0) is 23.3 Å². The van der Waals surface area contributed by atoms with Crippen molar-refractivity contribution in [1.82, 2.24) is 10.5 Å². The molecule has 1 heterocycles. The van der Waals surface area contributed by atoms with Crippen molar-refractivity contribution in [3.05, 3.63) is 102 Å². The van der Waals surface area contributed by atoms with E-state index in [-0.39, 0.29) is 18.4 Å². The molecule has 4 rings (SSSR count). The van der Waals surface area contributed by atoms with Crippen LogP contribution in [0.2, 0.25) is 0 Å². The number of para-hydroxylation sites is 1. The van der Waals surface area contributed by atoms with E-state index in [9.17, 15) is 4.79 Å². The predicted octanol–water partition coefficient (Wildman–Crippen LogP) is 4.28. The maximum Gasteiger partial charge on any atom is 0.226 e. The average Bonchev–Trinajstić information content (AvgIpc) is 3.10. The Morgan fingerprint density at radius 3 is 2.08 bits per heavy atom. The summed E-state index contributed by atoms with van der Waals surface area (Å²) >= 11 is 0. The Labute approximate surface area is 151 Å². The summed E-state index contributed by atoms with van der Waals surface area (Å²) in [7, 11) is 0. The normalized spacial score (nSPS) is 11.0. The Morgan fingerprint density at radius 1 is 0.846 bits per heavy atom. The maximum absolute atomic E-state index is 12.7. The van der Waals surface area contributed by atoms with E-state index in [2.05, 4.69) is 10.5 Å². The molecule has 0 aliphatic heterocycles. The predicted molar refractivity (Wildman–Crippen MR) is 101 cm³/mol. The van der Waals surface area contributed by atoms with Crippen molar-refractivity contribution in [3.63, 3.8) is 0 Å². The zero-order valence-corrected chi connectivity index (χ0v) is 14.1. The Hall–Kier alpha value is -3.40. The first-order chi connectivity index (χ1) is 12.8. The van der Waals surface area contributed by atoms with E-state index in [1.807, 2.05) is 84.9 Å².